The molecule has 234 valence electrons. The predicted octanol–water partition coefficient (Wildman–Crippen LogP) is 2.50. The summed E-state index contributed by atoms with van der Waals surface area (Å²) < 4.78 is 10.7. The highest BCUT2D eigenvalue weighted by molar-refractivity contribution is 5.94. The fourth-order valence-electron chi connectivity index (χ4n) is 9.81. The Bertz CT molecular complexity index is 1620. The van der Waals surface area contributed by atoms with E-state index in [2.05, 4.69) is 28.2 Å². The quantitative estimate of drug-likeness (QED) is 0.304. The molecule has 4 N–H and O–H groups in total. The zero-order valence-electron chi connectivity index (χ0n) is 25.8. The van der Waals surface area contributed by atoms with Gasteiger partial charge in [-0.3, -0.25) is 9.69 Å². The number of hydrogen-bond donors (Lipinski definition) is 4. The molecule has 1 aromatic heterocycles. The summed E-state index contributed by atoms with van der Waals surface area (Å²) in [6, 6.07) is 11.8. The molecular weight excluding hydrogens is 560 g/mol. The lowest BCUT2D eigenvalue weighted by atomic mass is 9.46. The second kappa shape index (κ2) is 10.2. The van der Waals surface area contributed by atoms with Gasteiger partial charge in [0.2, 0.25) is 0 Å². The Balaban J connectivity index is 1.34. The Labute approximate surface area is 257 Å². The third-order valence-corrected chi connectivity index (χ3v) is 11.5. The van der Waals surface area contributed by atoms with Crippen LogP contribution in [0.3, 0.4) is 0 Å². The van der Waals surface area contributed by atoms with Crippen LogP contribution in [0.2, 0.25) is 0 Å². The van der Waals surface area contributed by atoms with E-state index in [1.54, 1.807) is 7.11 Å². The summed E-state index contributed by atoms with van der Waals surface area (Å²) in [6.07, 6.45) is 3.53. The molecule has 0 unspecified atom stereocenters. The van der Waals surface area contributed by atoms with Gasteiger partial charge in [-0.05, 0) is 62.0 Å². The Morgan fingerprint density at radius 1 is 1.14 bits per heavy atom. The number of benzene rings is 2. The zero-order chi connectivity index (χ0) is 31.0. The summed E-state index contributed by atoms with van der Waals surface area (Å²) >= 11 is 0. The molecule has 1 aliphatic carbocycles. The minimum atomic E-state index is -2.23. The number of H-pyrrole nitrogens is 1. The number of piperidine rings is 1. The van der Waals surface area contributed by atoms with Gasteiger partial charge in [0.1, 0.15) is 17.9 Å². The first-order valence-electron chi connectivity index (χ1n) is 15.7. The number of aliphatic hydroxyl groups excluding tert-OH is 1. The smallest absolute Gasteiger partial charge is 0.328 e. The van der Waals surface area contributed by atoms with Crippen molar-refractivity contribution in [3.05, 3.63) is 59.8 Å². The van der Waals surface area contributed by atoms with Crippen LogP contribution in [-0.2, 0) is 26.2 Å². The summed E-state index contributed by atoms with van der Waals surface area (Å²) in [5.74, 6) is -0.691. The first kappa shape index (κ1) is 29.1. The van der Waals surface area contributed by atoms with Crippen molar-refractivity contribution >= 4 is 28.5 Å². The number of carbonyl (C=O) groups excluding carboxylic acids is 2. The van der Waals surface area contributed by atoms with Gasteiger partial charge in [-0.2, -0.15) is 0 Å². The molecule has 10 nitrogen and oxygen atoms in total. The van der Waals surface area contributed by atoms with E-state index in [0.29, 0.717) is 18.6 Å². The molecule has 0 bridgehead atoms. The Kier molecular flexibility index (Phi) is 6.77. The van der Waals surface area contributed by atoms with Gasteiger partial charge in [0.25, 0.3) is 5.91 Å². The number of anilines is 1. The molecule has 10 heteroatoms. The van der Waals surface area contributed by atoms with E-state index in [1.807, 2.05) is 54.5 Å². The number of nitrogens with zero attached hydrogens (tertiary/aromatic N) is 2. The Hall–Kier alpha value is -3.60. The van der Waals surface area contributed by atoms with Gasteiger partial charge >= 0.3 is 5.97 Å². The maximum atomic E-state index is 14.7. The number of aliphatic hydroxyl groups is 2. The van der Waals surface area contributed by atoms with Crippen LogP contribution in [0.15, 0.2) is 48.7 Å². The number of likely N-dealkylation sites (N-methyl/N-ethyl adjacent to an activating group) is 1. The van der Waals surface area contributed by atoms with Gasteiger partial charge in [-0.25, -0.2) is 4.79 Å². The molecule has 3 aliphatic heterocycles. The van der Waals surface area contributed by atoms with E-state index >= 15 is 0 Å². The van der Waals surface area contributed by atoms with Crippen molar-refractivity contribution in [1.82, 2.24) is 15.2 Å². The number of hydrogen-bond acceptors (Lipinski definition) is 8. The van der Waals surface area contributed by atoms with Crippen molar-refractivity contribution in [2.24, 2.45) is 5.41 Å². The van der Waals surface area contributed by atoms with Crippen LogP contribution in [0.25, 0.3) is 10.9 Å². The number of carbonyl (C=O) groups is 2. The van der Waals surface area contributed by atoms with E-state index < -0.39 is 46.5 Å². The van der Waals surface area contributed by atoms with Crippen molar-refractivity contribution in [1.29, 1.82) is 0 Å². The highest BCUT2D eigenvalue weighted by Crippen LogP contribution is 2.67. The van der Waals surface area contributed by atoms with Crippen LogP contribution < -0.4 is 15.0 Å². The molecular formula is C34H42N4O6. The van der Waals surface area contributed by atoms with Gasteiger partial charge in [-0.15, -0.1) is 0 Å². The lowest BCUT2D eigenvalue weighted by Gasteiger charge is -2.65. The van der Waals surface area contributed by atoms with Crippen molar-refractivity contribution in [2.75, 3.05) is 39.3 Å². The van der Waals surface area contributed by atoms with Gasteiger partial charge in [0.05, 0.1) is 20.3 Å². The standard InChI is InChI=1S/C34H42N4O6/c1-5-32-13-8-15-38-16-14-33(28(32)38)23-12-11-21(43-3)18-26(23)37(2)29(33)34(42,30(32)40)31(41)36-25(27(39)44-4)17-20-19-35-24-10-7-6-9-22(20)24/h6-7,9-12,18-19,25,28-30,35,40,42H,5,8,13-17H2,1-4H3,(H,36,41)/t25-,28+,29-,30+,32-,33-,34-/m0/s1. The zero-order valence-corrected chi connectivity index (χ0v) is 25.8. The van der Waals surface area contributed by atoms with Crippen molar-refractivity contribution < 1.29 is 29.3 Å². The number of esters is 1. The lowest BCUT2D eigenvalue weighted by Crippen LogP contribution is -2.82. The highest BCUT2D eigenvalue weighted by atomic mass is 16.5. The minimum Gasteiger partial charge on any atom is -0.497 e. The van der Waals surface area contributed by atoms with E-state index in [-0.39, 0.29) is 12.5 Å². The normalized spacial score (nSPS) is 33.0. The van der Waals surface area contributed by atoms with Gasteiger partial charge in [0.15, 0.2) is 5.60 Å². The predicted molar refractivity (Wildman–Crippen MR) is 166 cm³/mol. The first-order valence-corrected chi connectivity index (χ1v) is 15.7. The first-order chi connectivity index (χ1) is 21.2. The van der Waals surface area contributed by atoms with E-state index in [1.165, 1.54) is 7.11 Å². The summed E-state index contributed by atoms with van der Waals surface area (Å²) in [5.41, 5.74) is 0.140. The third kappa shape index (κ3) is 3.64. The third-order valence-electron chi connectivity index (χ3n) is 11.5. The molecule has 0 radical (unpaired) electrons. The number of para-hydroxylation sites is 1. The number of aromatic amines is 1. The van der Waals surface area contributed by atoms with Gasteiger partial charge in [-0.1, -0.05) is 31.2 Å². The summed E-state index contributed by atoms with van der Waals surface area (Å²) in [4.78, 5) is 35.5. The molecule has 44 heavy (non-hydrogen) atoms. The number of nitrogens with one attached hydrogen (secondary N) is 2. The van der Waals surface area contributed by atoms with Crippen molar-refractivity contribution in [2.45, 2.75) is 74.3 Å². The van der Waals surface area contributed by atoms with Crippen LogP contribution >= 0.6 is 0 Å². The maximum Gasteiger partial charge on any atom is 0.328 e. The molecule has 2 saturated heterocycles. The number of ether oxygens (including phenoxy) is 2. The molecule has 1 saturated carbocycles. The molecule has 7 rings (SSSR count). The van der Waals surface area contributed by atoms with Crippen LogP contribution in [0, 0.1) is 5.41 Å². The number of fused-ring (bicyclic) bond motifs is 2. The van der Waals surface area contributed by atoms with E-state index in [9.17, 15) is 19.8 Å². The topological polar surface area (TPSA) is 127 Å². The minimum absolute atomic E-state index is 0.0541. The van der Waals surface area contributed by atoms with Crippen LogP contribution in [-0.4, -0.2) is 96.2 Å². The maximum absolute atomic E-state index is 14.7. The summed E-state index contributed by atoms with van der Waals surface area (Å²) in [7, 11) is 4.80. The van der Waals surface area contributed by atoms with Crippen LogP contribution in [0.5, 0.6) is 5.75 Å². The average molecular weight is 603 g/mol. The molecule has 1 amide bonds. The second-order valence-corrected chi connectivity index (χ2v) is 13.2. The van der Waals surface area contributed by atoms with Crippen LogP contribution in [0.4, 0.5) is 5.69 Å². The number of rotatable bonds is 7. The van der Waals surface area contributed by atoms with Crippen molar-refractivity contribution in [3.63, 3.8) is 0 Å². The second-order valence-electron chi connectivity index (χ2n) is 13.2. The summed E-state index contributed by atoms with van der Waals surface area (Å²) in [6.45, 7) is 3.79. The van der Waals surface area contributed by atoms with Gasteiger partial charge < -0.3 is 34.9 Å². The highest BCUT2D eigenvalue weighted by Gasteiger charge is 2.79. The monoisotopic (exact) mass is 602 g/mol. The Morgan fingerprint density at radius 2 is 1.93 bits per heavy atom. The average Bonchev–Trinajstić information content (AvgIpc) is 3.72. The molecule has 3 aromatic rings. The molecule has 7 atom stereocenters. The fourth-order valence-corrected chi connectivity index (χ4v) is 9.81. The molecule has 2 aromatic carbocycles. The Morgan fingerprint density at radius 3 is 2.68 bits per heavy atom. The molecule has 3 fully saturated rings. The van der Waals surface area contributed by atoms with Crippen LogP contribution in [0.1, 0.15) is 43.7 Å². The number of methoxy groups -OCH3 is 2. The number of aromatic nitrogens is 1. The lowest BCUT2D eigenvalue weighted by molar-refractivity contribution is -0.222. The number of amides is 1. The van der Waals surface area contributed by atoms with Gasteiger partial charge in [0, 0.05) is 59.2 Å². The summed E-state index contributed by atoms with van der Waals surface area (Å²) in [5, 5.41) is 29.3. The van der Waals surface area contributed by atoms with E-state index in [0.717, 1.165) is 53.6 Å². The SMILES string of the molecule is CC[C@@]12CCCN3CC[C@]4(c5ccc(OC)cc5N(C)[C@@H]4[C@@](O)(C(=O)N[C@@H](Cc4c[nH]c5ccccc45)C(=O)OC)[C@@H]1O)[C@H]32. The molecule has 1 spiro atoms. The fraction of sp³-hybridized carbons (Fsp3) is 0.529. The van der Waals surface area contributed by atoms with E-state index in [4.69, 9.17) is 9.47 Å². The molecule has 4 aliphatic rings. The van der Waals surface area contributed by atoms with Crippen molar-refractivity contribution in [3.8, 4) is 5.75 Å². The molecule has 4 heterocycles. The largest absolute Gasteiger partial charge is 0.497 e.